The van der Waals surface area contributed by atoms with Gasteiger partial charge >= 0.3 is 0 Å². The highest BCUT2D eigenvalue weighted by Crippen LogP contribution is 2.27. The van der Waals surface area contributed by atoms with Gasteiger partial charge in [0.25, 0.3) is 0 Å². The zero-order chi connectivity index (χ0) is 21.8. The maximum atomic E-state index is 15.1. The van der Waals surface area contributed by atoms with E-state index in [9.17, 15) is 4.39 Å². The number of aryl methyl sites for hydroxylation is 2. The van der Waals surface area contributed by atoms with E-state index in [1.165, 1.54) is 12.1 Å². The molecule has 0 radical (unpaired) electrons. The predicted octanol–water partition coefficient (Wildman–Crippen LogP) is 6.80. The minimum absolute atomic E-state index is 0.0866. The monoisotopic (exact) mass is 438 g/mol. The van der Waals surface area contributed by atoms with Crippen LogP contribution < -0.4 is 4.74 Å². The summed E-state index contributed by atoms with van der Waals surface area (Å²) < 4.78 is 34.2. The third kappa shape index (κ3) is 4.83. The highest BCUT2D eigenvalue weighted by Gasteiger charge is 2.11. The van der Waals surface area contributed by atoms with Gasteiger partial charge in [-0.25, -0.2) is 18.7 Å². The minimum atomic E-state index is -0.460. The van der Waals surface area contributed by atoms with Crippen molar-refractivity contribution in [3.05, 3.63) is 88.7 Å². The van der Waals surface area contributed by atoms with Crippen LogP contribution in [0.4, 0.5) is 8.78 Å². The van der Waals surface area contributed by atoms with Crippen molar-refractivity contribution < 1.29 is 13.5 Å². The zero-order valence-corrected chi connectivity index (χ0v) is 17.8. The number of halogens is 3. The zero-order valence-electron chi connectivity index (χ0n) is 17.0. The second-order valence-corrected chi connectivity index (χ2v) is 7.72. The average Bonchev–Trinajstić information content (AvgIpc) is 2.79. The molecule has 3 aromatic carbocycles. The van der Waals surface area contributed by atoms with Crippen LogP contribution in [-0.4, -0.2) is 16.6 Å². The lowest BCUT2D eigenvalue weighted by Gasteiger charge is -2.09. The van der Waals surface area contributed by atoms with Crippen LogP contribution in [-0.2, 0) is 12.8 Å². The van der Waals surface area contributed by atoms with Gasteiger partial charge in [-0.2, -0.15) is 0 Å². The maximum absolute atomic E-state index is 15.1. The lowest BCUT2D eigenvalue weighted by Crippen LogP contribution is -1.98. The number of rotatable bonds is 7. The van der Waals surface area contributed by atoms with E-state index in [4.69, 9.17) is 16.3 Å². The number of fused-ring (bicyclic) bond motifs is 1. The Morgan fingerprint density at radius 2 is 1.74 bits per heavy atom. The molecule has 0 aliphatic rings. The summed E-state index contributed by atoms with van der Waals surface area (Å²) in [7, 11) is 0. The van der Waals surface area contributed by atoms with Gasteiger partial charge in [0.15, 0.2) is 11.6 Å². The largest absolute Gasteiger partial charge is 0.490 e. The number of aromatic nitrogens is 2. The quantitative estimate of drug-likeness (QED) is 0.318. The highest BCUT2D eigenvalue weighted by molar-refractivity contribution is 6.30. The standard InChI is InChI=1S/C25H21ClF2N2O/c1-2-11-31-20-14-29-25(30-15-20)19-8-9-21-18(13-19)7-6-17(24(21)28)5-3-16-4-10-22(26)23(27)12-16/h4,6-10,12-15H,2-3,5,11H2,1H3. The normalized spacial score (nSPS) is 11.1. The van der Waals surface area contributed by atoms with Gasteiger partial charge in [0.1, 0.15) is 11.6 Å². The lowest BCUT2D eigenvalue weighted by atomic mass is 9.99. The maximum Gasteiger partial charge on any atom is 0.159 e. The Morgan fingerprint density at radius 1 is 0.935 bits per heavy atom. The first-order valence-corrected chi connectivity index (χ1v) is 10.5. The minimum Gasteiger partial charge on any atom is -0.490 e. The molecule has 0 bridgehead atoms. The van der Waals surface area contributed by atoms with Gasteiger partial charge in [-0.3, -0.25) is 0 Å². The third-order valence-corrected chi connectivity index (χ3v) is 5.37. The Kier molecular flexibility index (Phi) is 6.42. The predicted molar refractivity (Wildman–Crippen MR) is 120 cm³/mol. The molecule has 0 saturated heterocycles. The fraction of sp³-hybridized carbons (Fsp3) is 0.200. The molecule has 0 aliphatic carbocycles. The van der Waals surface area contributed by atoms with E-state index in [0.29, 0.717) is 42.0 Å². The summed E-state index contributed by atoms with van der Waals surface area (Å²) in [4.78, 5) is 8.71. The molecule has 0 spiro atoms. The number of benzene rings is 3. The second kappa shape index (κ2) is 9.40. The molecule has 0 unspecified atom stereocenters. The Balaban J connectivity index is 1.54. The van der Waals surface area contributed by atoms with Gasteiger partial charge in [0, 0.05) is 10.9 Å². The number of ether oxygens (including phenoxy) is 1. The molecule has 31 heavy (non-hydrogen) atoms. The third-order valence-electron chi connectivity index (χ3n) is 5.06. The first kappa shape index (κ1) is 21.2. The van der Waals surface area contributed by atoms with Crippen LogP contribution in [0.3, 0.4) is 0 Å². The van der Waals surface area contributed by atoms with E-state index in [0.717, 1.165) is 22.9 Å². The van der Waals surface area contributed by atoms with E-state index in [-0.39, 0.29) is 10.8 Å². The van der Waals surface area contributed by atoms with Gasteiger partial charge in [-0.15, -0.1) is 0 Å². The van der Waals surface area contributed by atoms with Gasteiger partial charge in [-0.1, -0.05) is 48.9 Å². The molecule has 0 N–H and O–H groups in total. The lowest BCUT2D eigenvalue weighted by molar-refractivity contribution is 0.315. The smallest absolute Gasteiger partial charge is 0.159 e. The molecule has 0 amide bonds. The molecule has 0 saturated carbocycles. The molecule has 1 heterocycles. The first-order chi connectivity index (χ1) is 15.0. The molecule has 1 aromatic heterocycles. The summed E-state index contributed by atoms with van der Waals surface area (Å²) in [6.07, 6.45) is 5.19. The molecule has 3 nitrogen and oxygen atoms in total. The van der Waals surface area contributed by atoms with Crippen molar-refractivity contribution >= 4 is 22.4 Å². The van der Waals surface area contributed by atoms with Crippen LogP contribution >= 0.6 is 11.6 Å². The topological polar surface area (TPSA) is 35.0 Å². The van der Waals surface area contributed by atoms with E-state index in [2.05, 4.69) is 9.97 Å². The van der Waals surface area contributed by atoms with Crippen molar-refractivity contribution in [2.24, 2.45) is 0 Å². The van der Waals surface area contributed by atoms with Crippen LogP contribution in [0.25, 0.3) is 22.2 Å². The van der Waals surface area contributed by atoms with E-state index >= 15 is 4.39 Å². The average molecular weight is 439 g/mol. The molecule has 6 heteroatoms. The molecule has 0 fully saturated rings. The summed E-state index contributed by atoms with van der Waals surface area (Å²) in [5, 5.41) is 1.39. The second-order valence-electron chi connectivity index (χ2n) is 7.31. The first-order valence-electron chi connectivity index (χ1n) is 10.2. The number of hydrogen-bond donors (Lipinski definition) is 0. The van der Waals surface area contributed by atoms with Crippen LogP contribution in [0, 0.1) is 11.6 Å². The Morgan fingerprint density at radius 3 is 2.48 bits per heavy atom. The Hall–Kier alpha value is -3.05. The van der Waals surface area contributed by atoms with Gasteiger partial charge in [0.05, 0.1) is 24.0 Å². The van der Waals surface area contributed by atoms with Crippen molar-refractivity contribution in [3.8, 4) is 17.1 Å². The van der Waals surface area contributed by atoms with Crippen molar-refractivity contribution in [3.63, 3.8) is 0 Å². The highest BCUT2D eigenvalue weighted by atomic mass is 35.5. The van der Waals surface area contributed by atoms with Crippen LogP contribution in [0.1, 0.15) is 24.5 Å². The Labute approximate surface area is 184 Å². The molecular formula is C25H21ClF2N2O. The molecule has 4 aromatic rings. The van der Waals surface area contributed by atoms with E-state index in [1.54, 1.807) is 30.6 Å². The van der Waals surface area contributed by atoms with Crippen LogP contribution in [0.5, 0.6) is 5.75 Å². The van der Waals surface area contributed by atoms with E-state index in [1.807, 2.05) is 25.1 Å². The fourth-order valence-electron chi connectivity index (χ4n) is 3.40. The van der Waals surface area contributed by atoms with Crippen molar-refractivity contribution in [1.82, 2.24) is 9.97 Å². The summed E-state index contributed by atoms with van der Waals surface area (Å²) in [5.74, 6) is 0.461. The summed E-state index contributed by atoms with van der Waals surface area (Å²) in [5.41, 5.74) is 2.17. The molecule has 0 atom stereocenters. The SMILES string of the molecule is CCCOc1cnc(-c2ccc3c(F)c(CCc4ccc(Cl)c(F)c4)ccc3c2)nc1. The van der Waals surface area contributed by atoms with Gasteiger partial charge in [-0.05, 0) is 54.0 Å². The van der Waals surface area contributed by atoms with Crippen LogP contribution in [0.15, 0.2) is 60.9 Å². The Bertz CT molecular complexity index is 1210. The summed E-state index contributed by atoms with van der Waals surface area (Å²) in [6, 6.07) is 13.8. The number of hydrogen-bond acceptors (Lipinski definition) is 3. The molecule has 4 rings (SSSR count). The van der Waals surface area contributed by atoms with Crippen molar-refractivity contribution in [2.45, 2.75) is 26.2 Å². The number of nitrogens with zero attached hydrogens (tertiary/aromatic N) is 2. The summed E-state index contributed by atoms with van der Waals surface area (Å²) in [6.45, 7) is 2.65. The van der Waals surface area contributed by atoms with Gasteiger partial charge in [0.2, 0.25) is 0 Å². The van der Waals surface area contributed by atoms with Crippen molar-refractivity contribution in [2.75, 3.05) is 6.61 Å². The molecular weight excluding hydrogens is 418 g/mol. The fourth-order valence-corrected chi connectivity index (χ4v) is 3.52. The summed E-state index contributed by atoms with van der Waals surface area (Å²) >= 11 is 5.72. The van der Waals surface area contributed by atoms with Gasteiger partial charge < -0.3 is 4.74 Å². The van der Waals surface area contributed by atoms with E-state index < -0.39 is 5.82 Å². The van der Waals surface area contributed by atoms with Crippen molar-refractivity contribution in [1.29, 1.82) is 0 Å². The molecule has 158 valence electrons. The van der Waals surface area contributed by atoms with Crippen LogP contribution in [0.2, 0.25) is 5.02 Å². The molecule has 0 aliphatic heterocycles.